The number of H-pyrrole nitrogens is 1. The number of amides is 1. The highest BCUT2D eigenvalue weighted by Crippen LogP contribution is 2.39. The van der Waals surface area contributed by atoms with Gasteiger partial charge in [0.15, 0.2) is 5.79 Å². The van der Waals surface area contributed by atoms with Gasteiger partial charge in [0, 0.05) is 18.8 Å². The number of ether oxygens (including phenoxy) is 4. The van der Waals surface area contributed by atoms with Gasteiger partial charge in [-0.1, -0.05) is 12.1 Å². The third-order valence-electron chi connectivity index (χ3n) is 5.49. The largest absolute Gasteiger partial charge is 0.493 e. The summed E-state index contributed by atoms with van der Waals surface area (Å²) in [6, 6.07) is 7.81. The summed E-state index contributed by atoms with van der Waals surface area (Å²) in [5.74, 6) is -0.669. The molecule has 2 fully saturated rings. The Morgan fingerprint density at radius 1 is 1.22 bits per heavy atom. The summed E-state index contributed by atoms with van der Waals surface area (Å²) >= 11 is 0. The summed E-state index contributed by atoms with van der Waals surface area (Å²) < 4.78 is 25.1. The molecular formula is C22H27N3O7. The van der Waals surface area contributed by atoms with Crippen molar-refractivity contribution in [1.82, 2.24) is 14.9 Å². The zero-order chi connectivity index (χ0) is 22.9. The predicted molar refractivity (Wildman–Crippen MR) is 114 cm³/mol. The van der Waals surface area contributed by atoms with Crippen LogP contribution in [0.4, 0.5) is 0 Å². The molecule has 3 heterocycles. The van der Waals surface area contributed by atoms with E-state index in [1.165, 1.54) is 16.8 Å². The fourth-order valence-corrected chi connectivity index (χ4v) is 4.14. The van der Waals surface area contributed by atoms with Crippen molar-refractivity contribution in [1.29, 1.82) is 0 Å². The SMILES string of the molecule is CCOc1ccccc1C(=O)NC[C@H]1OC[C@@H](n2ccc(=O)[nH]c2=O)[C@@H]2OC(C)(C)O[C@@H]21. The smallest absolute Gasteiger partial charge is 0.328 e. The molecular weight excluding hydrogens is 418 g/mol. The van der Waals surface area contributed by atoms with Gasteiger partial charge in [-0.3, -0.25) is 19.1 Å². The molecule has 4 atom stereocenters. The number of carbonyl (C=O) groups excluding carboxylic acids is 1. The third kappa shape index (κ3) is 4.47. The van der Waals surface area contributed by atoms with Crippen LogP contribution in [0, 0.1) is 0 Å². The minimum atomic E-state index is -0.892. The number of rotatable bonds is 6. The van der Waals surface area contributed by atoms with Gasteiger partial charge in [0.25, 0.3) is 11.5 Å². The quantitative estimate of drug-likeness (QED) is 0.675. The average Bonchev–Trinajstić information content (AvgIpc) is 3.08. The number of aromatic nitrogens is 2. The number of benzene rings is 1. The van der Waals surface area contributed by atoms with E-state index in [-0.39, 0.29) is 19.1 Å². The minimum absolute atomic E-state index is 0.155. The highest BCUT2D eigenvalue weighted by molar-refractivity contribution is 5.96. The Labute approximate surface area is 184 Å². The van der Waals surface area contributed by atoms with Crippen LogP contribution in [-0.2, 0) is 14.2 Å². The van der Waals surface area contributed by atoms with Crippen LogP contribution in [0.1, 0.15) is 37.2 Å². The minimum Gasteiger partial charge on any atom is -0.493 e. The zero-order valence-electron chi connectivity index (χ0n) is 18.2. The molecule has 0 aliphatic carbocycles. The number of hydrogen-bond donors (Lipinski definition) is 2. The Bertz CT molecular complexity index is 1090. The Hall–Kier alpha value is -2.95. The maximum atomic E-state index is 12.8. The lowest BCUT2D eigenvalue weighted by Crippen LogP contribution is -2.54. The van der Waals surface area contributed by atoms with Crippen molar-refractivity contribution < 1.29 is 23.7 Å². The second-order valence-electron chi connectivity index (χ2n) is 8.16. The van der Waals surface area contributed by atoms with E-state index >= 15 is 0 Å². The van der Waals surface area contributed by atoms with E-state index in [1.54, 1.807) is 38.1 Å². The summed E-state index contributed by atoms with van der Waals surface area (Å²) in [5.41, 5.74) is -0.586. The standard InChI is InChI=1S/C22H27N3O7/c1-4-29-15-8-6-5-7-13(15)20(27)23-11-16-19-18(31-22(2,3)32-19)14(12-30-16)25-10-9-17(26)24-21(25)28/h5-10,14,16,18-19H,4,11-12H2,1-3H3,(H,23,27)(H,24,26,28)/t14-,16-,18+,19-/m1/s1. The molecule has 2 N–H and O–H groups in total. The zero-order valence-corrected chi connectivity index (χ0v) is 18.2. The summed E-state index contributed by atoms with van der Waals surface area (Å²) in [5, 5.41) is 2.89. The number of nitrogens with one attached hydrogen (secondary N) is 2. The predicted octanol–water partition coefficient (Wildman–Crippen LogP) is 0.825. The van der Waals surface area contributed by atoms with Gasteiger partial charge in [0.05, 0.1) is 24.8 Å². The molecule has 0 spiro atoms. The van der Waals surface area contributed by atoms with E-state index in [0.717, 1.165) is 0 Å². The Morgan fingerprint density at radius 3 is 2.72 bits per heavy atom. The van der Waals surface area contributed by atoms with E-state index in [4.69, 9.17) is 18.9 Å². The van der Waals surface area contributed by atoms with Gasteiger partial charge in [-0.2, -0.15) is 0 Å². The van der Waals surface area contributed by atoms with E-state index in [2.05, 4.69) is 10.3 Å². The van der Waals surface area contributed by atoms with Crippen LogP contribution in [0.15, 0.2) is 46.1 Å². The molecule has 1 amide bonds. The van der Waals surface area contributed by atoms with Gasteiger partial charge in [-0.05, 0) is 32.9 Å². The fourth-order valence-electron chi connectivity index (χ4n) is 4.14. The first-order valence-corrected chi connectivity index (χ1v) is 10.6. The van der Waals surface area contributed by atoms with Crippen molar-refractivity contribution in [2.75, 3.05) is 19.8 Å². The second-order valence-corrected chi connectivity index (χ2v) is 8.16. The van der Waals surface area contributed by atoms with E-state index in [1.807, 2.05) is 6.92 Å². The molecule has 172 valence electrons. The number of fused-ring (bicyclic) bond motifs is 1. The molecule has 2 aliphatic rings. The molecule has 2 saturated heterocycles. The first-order valence-electron chi connectivity index (χ1n) is 10.6. The van der Waals surface area contributed by atoms with Crippen LogP contribution in [0.2, 0.25) is 0 Å². The molecule has 32 heavy (non-hydrogen) atoms. The lowest BCUT2D eigenvalue weighted by Gasteiger charge is -2.37. The Balaban J connectivity index is 1.50. The molecule has 0 unspecified atom stereocenters. The maximum absolute atomic E-state index is 12.8. The molecule has 0 bridgehead atoms. The van der Waals surface area contributed by atoms with Crippen molar-refractivity contribution in [3.63, 3.8) is 0 Å². The van der Waals surface area contributed by atoms with Crippen LogP contribution < -0.4 is 21.3 Å². The van der Waals surface area contributed by atoms with Gasteiger partial charge >= 0.3 is 5.69 Å². The summed E-state index contributed by atoms with van der Waals surface area (Å²) in [6.45, 7) is 6.22. The third-order valence-corrected chi connectivity index (χ3v) is 5.49. The Kier molecular flexibility index (Phi) is 6.18. The fraction of sp³-hybridized carbons (Fsp3) is 0.500. The van der Waals surface area contributed by atoms with Gasteiger partial charge in [0.1, 0.15) is 24.1 Å². The molecule has 1 aromatic carbocycles. The average molecular weight is 445 g/mol. The second kappa shape index (κ2) is 8.89. The maximum Gasteiger partial charge on any atom is 0.328 e. The first-order chi connectivity index (χ1) is 15.3. The van der Waals surface area contributed by atoms with Crippen LogP contribution in [0.5, 0.6) is 5.75 Å². The monoisotopic (exact) mass is 445 g/mol. The molecule has 0 radical (unpaired) electrons. The molecule has 2 aliphatic heterocycles. The molecule has 0 saturated carbocycles. The van der Waals surface area contributed by atoms with Crippen molar-refractivity contribution in [3.05, 3.63) is 62.9 Å². The Morgan fingerprint density at radius 2 is 1.97 bits per heavy atom. The molecule has 4 rings (SSSR count). The number of carbonyl (C=O) groups is 1. The summed E-state index contributed by atoms with van der Waals surface area (Å²) in [7, 11) is 0. The lowest BCUT2D eigenvalue weighted by molar-refractivity contribution is -0.153. The van der Waals surface area contributed by atoms with Gasteiger partial charge in [-0.25, -0.2) is 4.79 Å². The van der Waals surface area contributed by atoms with Crippen molar-refractivity contribution in [2.45, 2.75) is 50.9 Å². The highest BCUT2D eigenvalue weighted by Gasteiger charge is 2.52. The van der Waals surface area contributed by atoms with Gasteiger partial charge < -0.3 is 24.3 Å². The topological polar surface area (TPSA) is 121 Å². The molecule has 1 aromatic heterocycles. The van der Waals surface area contributed by atoms with Gasteiger partial charge in [-0.15, -0.1) is 0 Å². The first kappa shape index (κ1) is 22.3. The van der Waals surface area contributed by atoms with Crippen molar-refractivity contribution >= 4 is 5.91 Å². The van der Waals surface area contributed by atoms with Crippen LogP contribution >= 0.6 is 0 Å². The van der Waals surface area contributed by atoms with Crippen LogP contribution in [0.3, 0.4) is 0 Å². The highest BCUT2D eigenvalue weighted by atomic mass is 16.8. The van der Waals surface area contributed by atoms with Crippen LogP contribution in [0.25, 0.3) is 0 Å². The number of hydrogen-bond acceptors (Lipinski definition) is 7. The van der Waals surface area contributed by atoms with E-state index in [0.29, 0.717) is 17.9 Å². The molecule has 10 nitrogen and oxygen atoms in total. The van der Waals surface area contributed by atoms with Crippen molar-refractivity contribution in [3.8, 4) is 5.75 Å². The molecule has 10 heteroatoms. The number of para-hydroxylation sites is 1. The van der Waals surface area contributed by atoms with E-state index in [9.17, 15) is 14.4 Å². The van der Waals surface area contributed by atoms with Crippen LogP contribution in [-0.4, -0.2) is 59.3 Å². The molecule has 2 aromatic rings. The lowest BCUT2D eigenvalue weighted by atomic mass is 9.97. The van der Waals surface area contributed by atoms with Gasteiger partial charge in [0.2, 0.25) is 0 Å². The van der Waals surface area contributed by atoms with Crippen molar-refractivity contribution in [2.24, 2.45) is 0 Å². The number of nitrogens with zero attached hydrogens (tertiary/aromatic N) is 1. The summed E-state index contributed by atoms with van der Waals surface area (Å²) in [4.78, 5) is 38.8. The van der Waals surface area contributed by atoms with E-state index < -0.39 is 41.4 Å². The normalized spacial score (nSPS) is 26.3. The number of aromatic amines is 1. The summed E-state index contributed by atoms with van der Waals surface area (Å²) in [6.07, 6.45) is -0.0853.